The van der Waals surface area contributed by atoms with Crippen LogP contribution in [0.1, 0.15) is 20.7 Å². The molecule has 0 N–H and O–H groups in total. The maximum absolute atomic E-state index is 12.9. The molecule has 0 saturated carbocycles. The van der Waals surface area contributed by atoms with Crippen LogP contribution in [0.3, 0.4) is 0 Å². The summed E-state index contributed by atoms with van der Waals surface area (Å²) in [5, 5.41) is 1.53. The van der Waals surface area contributed by atoms with Crippen molar-refractivity contribution in [3.05, 3.63) is 157 Å². The van der Waals surface area contributed by atoms with Crippen LogP contribution in [0.5, 0.6) is 11.5 Å². The SMILES string of the molecule is O=C(Oc1ccc2c(OC(=O)c3ccc(-c4ccccc4)cc3)cccc2c1)c1ccc(-c2ccccc2)cc1. The fraction of sp³-hybridized carbons (Fsp3) is 0. The highest BCUT2D eigenvalue weighted by molar-refractivity contribution is 5.97. The smallest absolute Gasteiger partial charge is 0.343 e. The second kappa shape index (κ2) is 11.1. The fourth-order valence-corrected chi connectivity index (χ4v) is 4.57. The van der Waals surface area contributed by atoms with Crippen molar-refractivity contribution in [3.8, 4) is 33.8 Å². The molecule has 0 radical (unpaired) electrons. The molecule has 0 atom stereocenters. The molecule has 192 valence electrons. The molecular weight excluding hydrogens is 496 g/mol. The molecule has 0 fully saturated rings. The number of esters is 2. The van der Waals surface area contributed by atoms with E-state index in [1.165, 1.54) is 0 Å². The third-order valence-electron chi connectivity index (χ3n) is 6.68. The van der Waals surface area contributed by atoms with Gasteiger partial charge in [0.25, 0.3) is 0 Å². The van der Waals surface area contributed by atoms with E-state index in [1.807, 2.05) is 91.0 Å². The lowest BCUT2D eigenvalue weighted by Gasteiger charge is -2.10. The Morgan fingerprint density at radius 2 is 0.925 bits per heavy atom. The van der Waals surface area contributed by atoms with Crippen molar-refractivity contribution in [2.75, 3.05) is 0 Å². The number of hydrogen-bond donors (Lipinski definition) is 0. The summed E-state index contributed by atoms with van der Waals surface area (Å²) in [6.07, 6.45) is 0. The zero-order valence-corrected chi connectivity index (χ0v) is 21.5. The summed E-state index contributed by atoms with van der Waals surface area (Å²) >= 11 is 0. The van der Waals surface area contributed by atoms with Gasteiger partial charge in [-0.05, 0) is 76.2 Å². The van der Waals surface area contributed by atoms with Crippen LogP contribution in [0.25, 0.3) is 33.0 Å². The van der Waals surface area contributed by atoms with E-state index >= 15 is 0 Å². The lowest BCUT2D eigenvalue weighted by Crippen LogP contribution is -2.09. The van der Waals surface area contributed by atoms with E-state index in [9.17, 15) is 9.59 Å². The molecule has 0 bridgehead atoms. The summed E-state index contributed by atoms with van der Waals surface area (Å²) in [4.78, 5) is 25.7. The summed E-state index contributed by atoms with van der Waals surface area (Å²) in [6.45, 7) is 0. The minimum absolute atomic E-state index is 0.407. The molecule has 40 heavy (non-hydrogen) atoms. The molecule has 4 nitrogen and oxygen atoms in total. The number of carbonyl (C=O) groups is 2. The zero-order valence-electron chi connectivity index (χ0n) is 21.5. The molecule has 6 aromatic rings. The Bertz CT molecular complexity index is 1790. The van der Waals surface area contributed by atoms with Gasteiger partial charge in [0.15, 0.2) is 0 Å². The predicted molar refractivity (Wildman–Crippen MR) is 158 cm³/mol. The van der Waals surface area contributed by atoms with Gasteiger partial charge in [-0.1, -0.05) is 97.1 Å². The quantitative estimate of drug-likeness (QED) is 0.163. The highest BCUT2D eigenvalue weighted by atomic mass is 16.5. The maximum Gasteiger partial charge on any atom is 0.343 e. The van der Waals surface area contributed by atoms with Gasteiger partial charge in [-0.2, -0.15) is 0 Å². The number of carbonyl (C=O) groups excluding carboxylic acids is 2. The number of ether oxygens (including phenoxy) is 2. The highest BCUT2D eigenvalue weighted by Gasteiger charge is 2.14. The van der Waals surface area contributed by atoms with Gasteiger partial charge in [-0.15, -0.1) is 0 Å². The maximum atomic E-state index is 12.9. The van der Waals surface area contributed by atoms with Crippen molar-refractivity contribution in [3.63, 3.8) is 0 Å². The van der Waals surface area contributed by atoms with Crippen LogP contribution in [-0.2, 0) is 0 Å². The summed E-state index contributed by atoms with van der Waals surface area (Å²) in [5.74, 6) is -0.0457. The minimum atomic E-state index is -0.444. The molecule has 4 heteroatoms. The zero-order chi connectivity index (χ0) is 27.3. The molecule has 0 spiro atoms. The third-order valence-corrected chi connectivity index (χ3v) is 6.68. The second-order valence-corrected chi connectivity index (χ2v) is 9.30. The van der Waals surface area contributed by atoms with Crippen molar-refractivity contribution in [2.45, 2.75) is 0 Å². The molecule has 0 aliphatic heterocycles. The van der Waals surface area contributed by atoms with E-state index in [0.29, 0.717) is 22.6 Å². The number of rotatable bonds is 6. The van der Waals surface area contributed by atoms with Gasteiger partial charge in [-0.25, -0.2) is 9.59 Å². The van der Waals surface area contributed by atoms with E-state index in [-0.39, 0.29) is 0 Å². The molecule has 0 amide bonds. The Kier molecular flexibility index (Phi) is 6.89. The van der Waals surface area contributed by atoms with Crippen LogP contribution >= 0.6 is 0 Å². The molecule has 0 aromatic heterocycles. The average molecular weight is 521 g/mol. The first-order valence-corrected chi connectivity index (χ1v) is 12.9. The Balaban J connectivity index is 1.15. The van der Waals surface area contributed by atoms with Crippen molar-refractivity contribution >= 4 is 22.7 Å². The van der Waals surface area contributed by atoms with Gasteiger partial charge in [0.05, 0.1) is 11.1 Å². The van der Waals surface area contributed by atoms with E-state index in [0.717, 1.165) is 33.0 Å². The Morgan fingerprint density at radius 1 is 0.425 bits per heavy atom. The van der Waals surface area contributed by atoms with E-state index in [2.05, 4.69) is 0 Å². The Hall–Kier alpha value is -5.48. The van der Waals surface area contributed by atoms with Crippen LogP contribution in [0.4, 0.5) is 0 Å². The van der Waals surface area contributed by atoms with Crippen molar-refractivity contribution in [2.24, 2.45) is 0 Å². The van der Waals surface area contributed by atoms with Crippen molar-refractivity contribution < 1.29 is 19.1 Å². The first-order chi connectivity index (χ1) is 19.6. The molecule has 0 heterocycles. The van der Waals surface area contributed by atoms with Gasteiger partial charge in [-0.3, -0.25) is 0 Å². The summed E-state index contributed by atoms with van der Waals surface area (Å²) in [6, 6.07) is 45.3. The van der Waals surface area contributed by atoms with Gasteiger partial charge >= 0.3 is 11.9 Å². The number of fused-ring (bicyclic) bond motifs is 1. The highest BCUT2D eigenvalue weighted by Crippen LogP contribution is 2.30. The molecule has 0 saturated heterocycles. The van der Waals surface area contributed by atoms with Crippen LogP contribution in [0, 0.1) is 0 Å². The van der Waals surface area contributed by atoms with E-state index < -0.39 is 11.9 Å². The van der Waals surface area contributed by atoms with Crippen molar-refractivity contribution in [1.82, 2.24) is 0 Å². The summed E-state index contributed by atoms with van der Waals surface area (Å²) in [7, 11) is 0. The van der Waals surface area contributed by atoms with Crippen LogP contribution in [-0.4, -0.2) is 11.9 Å². The number of benzene rings is 6. The van der Waals surface area contributed by atoms with Crippen LogP contribution in [0.15, 0.2) is 146 Å². The van der Waals surface area contributed by atoms with E-state index in [1.54, 1.807) is 54.6 Å². The Morgan fingerprint density at radius 3 is 1.48 bits per heavy atom. The fourth-order valence-electron chi connectivity index (χ4n) is 4.57. The lowest BCUT2D eigenvalue weighted by atomic mass is 10.0. The third kappa shape index (κ3) is 5.38. The molecule has 6 aromatic carbocycles. The first kappa shape index (κ1) is 24.8. The van der Waals surface area contributed by atoms with E-state index in [4.69, 9.17) is 9.47 Å². The molecule has 6 rings (SSSR count). The van der Waals surface area contributed by atoms with Gasteiger partial charge in [0.1, 0.15) is 11.5 Å². The van der Waals surface area contributed by atoms with Gasteiger partial charge in [0, 0.05) is 5.39 Å². The monoisotopic (exact) mass is 520 g/mol. The van der Waals surface area contributed by atoms with Crippen molar-refractivity contribution in [1.29, 1.82) is 0 Å². The normalized spacial score (nSPS) is 10.7. The topological polar surface area (TPSA) is 52.6 Å². The molecule has 0 unspecified atom stereocenters. The minimum Gasteiger partial charge on any atom is -0.423 e. The van der Waals surface area contributed by atoms with Gasteiger partial charge in [0.2, 0.25) is 0 Å². The largest absolute Gasteiger partial charge is 0.423 e. The standard InChI is InChI=1S/C36H24O4/c37-35(29-18-14-27(15-19-29)25-8-3-1-4-9-25)39-32-22-23-33-31(24-32)12-7-13-34(33)40-36(38)30-20-16-28(17-21-30)26-10-5-2-6-11-26/h1-24H. The second-order valence-electron chi connectivity index (χ2n) is 9.30. The summed E-state index contributed by atoms with van der Waals surface area (Å²) in [5.41, 5.74) is 5.13. The molecule has 0 aliphatic rings. The first-order valence-electron chi connectivity index (χ1n) is 12.9. The lowest BCUT2D eigenvalue weighted by molar-refractivity contribution is 0.0727. The van der Waals surface area contributed by atoms with Crippen LogP contribution in [0.2, 0.25) is 0 Å². The predicted octanol–water partition coefficient (Wildman–Crippen LogP) is 8.61. The van der Waals surface area contributed by atoms with Crippen LogP contribution < -0.4 is 9.47 Å². The Labute approximate surface area is 232 Å². The number of hydrogen-bond acceptors (Lipinski definition) is 4. The summed E-state index contributed by atoms with van der Waals surface area (Å²) < 4.78 is 11.4. The molecular formula is C36H24O4. The van der Waals surface area contributed by atoms with Gasteiger partial charge < -0.3 is 9.47 Å². The molecule has 0 aliphatic carbocycles. The average Bonchev–Trinajstić information content (AvgIpc) is 3.02.